The Balaban J connectivity index is 1.94. The number of hydrazine groups is 1. The molecule has 1 fully saturated rings. The SMILES string of the molecule is COC(CN(C(CC(C)C)C(=O)NC1CCCCC1)N1C(=O)c2ccccc2C1=O)OC. The molecule has 1 atom stereocenters. The van der Waals surface area contributed by atoms with E-state index in [1.807, 2.05) is 13.8 Å². The van der Waals surface area contributed by atoms with Crippen molar-refractivity contribution in [3.63, 3.8) is 0 Å². The van der Waals surface area contributed by atoms with Crippen molar-refractivity contribution in [3.8, 4) is 0 Å². The molecule has 0 saturated heterocycles. The number of carbonyl (C=O) groups excluding carboxylic acids is 3. The van der Waals surface area contributed by atoms with Crippen molar-refractivity contribution in [2.75, 3.05) is 20.8 Å². The molecule has 1 aromatic rings. The molecule has 1 aromatic carbocycles. The third-order valence-electron chi connectivity index (χ3n) is 6.20. The van der Waals surface area contributed by atoms with Crippen LogP contribution < -0.4 is 5.32 Å². The van der Waals surface area contributed by atoms with Crippen molar-refractivity contribution in [1.29, 1.82) is 0 Å². The topological polar surface area (TPSA) is 88.2 Å². The van der Waals surface area contributed by atoms with Crippen LogP contribution in [0.15, 0.2) is 24.3 Å². The Hall–Kier alpha value is -2.29. The van der Waals surface area contributed by atoms with Gasteiger partial charge in [0.25, 0.3) is 11.8 Å². The predicted octanol–water partition coefficient (Wildman–Crippen LogP) is 2.98. The number of ether oxygens (including phenoxy) is 2. The number of rotatable bonds is 10. The minimum Gasteiger partial charge on any atom is -0.354 e. The lowest BCUT2D eigenvalue weighted by Crippen LogP contribution is -2.60. The van der Waals surface area contributed by atoms with Crippen molar-refractivity contribution in [3.05, 3.63) is 35.4 Å². The lowest BCUT2D eigenvalue weighted by Gasteiger charge is -2.39. The van der Waals surface area contributed by atoms with E-state index in [-0.39, 0.29) is 24.4 Å². The van der Waals surface area contributed by atoms with Gasteiger partial charge in [-0.05, 0) is 37.3 Å². The van der Waals surface area contributed by atoms with Crippen LogP contribution in [0.25, 0.3) is 0 Å². The molecule has 0 radical (unpaired) electrons. The molecular formula is C24H35N3O5. The van der Waals surface area contributed by atoms with Gasteiger partial charge < -0.3 is 14.8 Å². The lowest BCUT2D eigenvalue weighted by molar-refractivity contribution is -0.155. The monoisotopic (exact) mass is 445 g/mol. The fourth-order valence-electron chi connectivity index (χ4n) is 4.51. The average molecular weight is 446 g/mol. The van der Waals surface area contributed by atoms with E-state index >= 15 is 0 Å². The third-order valence-corrected chi connectivity index (χ3v) is 6.20. The van der Waals surface area contributed by atoms with Crippen molar-refractivity contribution < 1.29 is 23.9 Å². The zero-order chi connectivity index (χ0) is 23.3. The molecule has 0 aromatic heterocycles. The third kappa shape index (κ3) is 5.36. The maximum absolute atomic E-state index is 13.5. The molecule has 3 amide bonds. The highest BCUT2D eigenvalue weighted by Gasteiger charge is 2.44. The molecule has 8 heteroatoms. The number of carbonyl (C=O) groups is 3. The van der Waals surface area contributed by atoms with Crippen molar-refractivity contribution in [1.82, 2.24) is 15.3 Å². The number of fused-ring (bicyclic) bond motifs is 1. The fraction of sp³-hybridized carbons (Fsp3) is 0.625. The van der Waals surface area contributed by atoms with Crippen molar-refractivity contribution >= 4 is 17.7 Å². The van der Waals surface area contributed by atoms with Gasteiger partial charge in [0.15, 0.2) is 6.29 Å². The quantitative estimate of drug-likeness (QED) is 0.440. The van der Waals surface area contributed by atoms with E-state index in [4.69, 9.17) is 9.47 Å². The van der Waals surface area contributed by atoms with Crippen LogP contribution in [-0.4, -0.2) is 66.9 Å². The standard InChI is InChI=1S/C24H35N3O5/c1-16(2)14-20(22(28)25-17-10-6-5-7-11-17)26(15-21(31-3)32-4)27-23(29)18-12-8-9-13-19(18)24(27)30/h8-9,12-13,16-17,20-21H,5-7,10-11,14-15H2,1-4H3,(H,25,28). The Kier molecular flexibility index (Phi) is 8.39. The molecule has 0 bridgehead atoms. The normalized spacial score (nSPS) is 18.0. The molecule has 3 rings (SSSR count). The molecule has 1 unspecified atom stereocenters. The second kappa shape index (κ2) is 11.0. The van der Waals surface area contributed by atoms with Crippen LogP contribution >= 0.6 is 0 Å². The molecule has 1 heterocycles. The van der Waals surface area contributed by atoms with Gasteiger partial charge in [-0.3, -0.25) is 14.4 Å². The number of hydrogen-bond acceptors (Lipinski definition) is 6. The Bertz CT molecular complexity index is 783. The summed E-state index contributed by atoms with van der Waals surface area (Å²) in [7, 11) is 2.99. The number of nitrogens with zero attached hydrogens (tertiary/aromatic N) is 2. The summed E-state index contributed by atoms with van der Waals surface area (Å²) in [6.45, 7) is 4.10. The molecule has 176 valence electrons. The maximum atomic E-state index is 13.5. The van der Waals surface area contributed by atoms with Crippen LogP contribution in [0.4, 0.5) is 0 Å². The van der Waals surface area contributed by atoms with Crippen LogP contribution in [0.3, 0.4) is 0 Å². The Morgan fingerprint density at radius 3 is 2.12 bits per heavy atom. The molecule has 32 heavy (non-hydrogen) atoms. The molecule has 1 aliphatic heterocycles. The van der Waals surface area contributed by atoms with Gasteiger partial charge in [-0.2, -0.15) is 5.01 Å². The summed E-state index contributed by atoms with van der Waals surface area (Å²) in [5.74, 6) is -0.877. The number of nitrogens with one attached hydrogen (secondary N) is 1. The van der Waals surface area contributed by atoms with Crippen LogP contribution in [0.2, 0.25) is 0 Å². The lowest BCUT2D eigenvalue weighted by atomic mass is 9.94. The highest BCUT2D eigenvalue weighted by molar-refractivity contribution is 6.21. The summed E-state index contributed by atoms with van der Waals surface area (Å²) < 4.78 is 10.8. The first-order valence-corrected chi connectivity index (χ1v) is 11.5. The number of hydrogen-bond donors (Lipinski definition) is 1. The van der Waals surface area contributed by atoms with Gasteiger partial charge in [-0.15, -0.1) is 0 Å². The van der Waals surface area contributed by atoms with E-state index in [2.05, 4.69) is 5.32 Å². The average Bonchev–Trinajstić information content (AvgIpc) is 3.04. The Morgan fingerprint density at radius 1 is 1.06 bits per heavy atom. The highest BCUT2D eigenvalue weighted by Crippen LogP contribution is 2.28. The summed E-state index contributed by atoms with van der Waals surface area (Å²) in [6.07, 6.45) is 5.04. The van der Waals surface area contributed by atoms with Crippen LogP contribution in [0.5, 0.6) is 0 Å². The zero-order valence-corrected chi connectivity index (χ0v) is 19.5. The van der Waals surface area contributed by atoms with Crippen LogP contribution in [0.1, 0.15) is 73.1 Å². The number of imide groups is 1. The number of amides is 3. The van der Waals surface area contributed by atoms with Gasteiger partial charge in [0.05, 0.1) is 17.7 Å². The molecule has 1 N–H and O–H groups in total. The molecule has 8 nitrogen and oxygen atoms in total. The first-order chi connectivity index (χ1) is 15.4. The summed E-state index contributed by atoms with van der Waals surface area (Å²) in [5, 5.41) is 5.82. The van der Waals surface area contributed by atoms with E-state index in [9.17, 15) is 14.4 Å². The smallest absolute Gasteiger partial charge is 0.276 e. The van der Waals surface area contributed by atoms with Gasteiger partial charge in [0.2, 0.25) is 5.91 Å². The molecular weight excluding hydrogens is 410 g/mol. The van der Waals surface area contributed by atoms with Crippen molar-refractivity contribution in [2.24, 2.45) is 5.92 Å². The van der Waals surface area contributed by atoms with E-state index in [0.29, 0.717) is 17.5 Å². The summed E-state index contributed by atoms with van der Waals surface area (Å²) in [4.78, 5) is 40.0. The van der Waals surface area contributed by atoms with Crippen molar-refractivity contribution in [2.45, 2.75) is 70.7 Å². The molecule has 0 spiro atoms. The number of benzene rings is 1. The first kappa shape index (κ1) is 24.4. The highest BCUT2D eigenvalue weighted by atomic mass is 16.7. The van der Waals surface area contributed by atoms with Crippen LogP contribution in [0, 0.1) is 5.92 Å². The number of methoxy groups -OCH3 is 2. The van der Waals surface area contributed by atoms with Gasteiger partial charge in [-0.25, -0.2) is 5.01 Å². The second-order valence-electron chi connectivity index (χ2n) is 8.98. The summed E-state index contributed by atoms with van der Waals surface area (Å²) in [5.41, 5.74) is 0.676. The largest absolute Gasteiger partial charge is 0.354 e. The molecule has 1 aliphatic carbocycles. The second-order valence-corrected chi connectivity index (χ2v) is 8.98. The Labute approximate surface area is 190 Å². The zero-order valence-electron chi connectivity index (χ0n) is 19.5. The van der Waals surface area contributed by atoms with E-state index in [1.165, 1.54) is 20.6 Å². The van der Waals surface area contributed by atoms with Crippen LogP contribution in [-0.2, 0) is 14.3 Å². The van der Waals surface area contributed by atoms with Gasteiger partial charge in [0, 0.05) is 20.3 Å². The van der Waals surface area contributed by atoms with Gasteiger partial charge in [-0.1, -0.05) is 45.2 Å². The first-order valence-electron chi connectivity index (χ1n) is 11.5. The van der Waals surface area contributed by atoms with E-state index < -0.39 is 24.1 Å². The fourth-order valence-corrected chi connectivity index (χ4v) is 4.51. The predicted molar refractivity (Wildman–Crippen MR) is 120 cm³/mol. The molecule has 1 saturated carbocycles. The summed E-state index contributed by atoms with van der Waals surface area (Å²) >= 11 is 0. The summed E-state index contributed by atoms with van der Waals surface area (Å²) in [6, 6.07) is 6.13. The molecule has 2 aliphatic rings. The van der Waals surface area contributed by atoms with E-state index in [1.54, 1.807) is 29.3 Å². The van der Waals surface area contributed by atoms with E-state index in [0.717, 1.165) is 30.7 Å². The minimum atomic E-state index is -0.716. The van der Waals surface area contributed by atoms with Gasteiger partial charge >= 0.3 is 0 Å². The maximum Gasteiger partial charge on any atom is 0.276 e. The Morgan fingerprint density at radius 2 is 1.62 bits per heavy atom. The van der Waals surface area contributed by atoms with Gasteiger partial charge in [0.1, 0.15) is 6.04 Å². The minimum absolute atomic E-state index is 0.0634.